The van der Waals surface area contributed by atoms with Crippen LogP contribution in [-0.4, -0.2) is 54.3 Å². The molecule has 3 atom stereocenters. The lowest BCUT2D eigenvalue weighted by Gasteiger charge is -2.25. The van der Waals surface area contributed by atoms with Gasteiger partial charge in [-0.1, -0.05) is 60.1 Å². The second-order valence-corrected chi connectivity index (χ2v) is 10.6. The van der Waals surface area contributed by atoms with E-state index < -0.39 is 5.82 Å². The lowest BCUT2D eigenvalue weighted by molar-refractivity contribution is -0.121. The first-order valence-corrected chi connectivity index (χ1v) is 13.3. The first-order valence-electron chi connectivity index (χ1n) is 12.9. The molecular weight excluding hydrogens is 508 g/mol. The zero-order chi connectivity index (χ0) is 26.6. The Morgan fingerprint density at radius 1 is 0.895 bits per heavy atom. The fourth-order valence-corrected chi connectivity index (χ4v) is 5.89. The summed E-state index contributed by atoms with van der Waals surface area (Å²) in [6, 6.07) is 20.0. The van der Waals surface area contributed by atoms with E-state index in [2.05, 4.69) is 10.2 Å². The molecule has 2 aliphatic rings. The van der Waals surface area contributed by atoms with Crippen LogP contribution in [0, 0.1) is 23.5 Å². The Kier molecular flexibility index (Phi) is 8.05. The first kappa shape index (κ1) is 26.3. The molecule has 3 aromatic carbocycles. The monoisotopic (exact) mass is 537 g/mol. The minimum atomic E-state index is -0.588. The maximum absolute atomic E-state index is 14.3. The number of rotatable bonds is 8. The summed E-state index contributed by atoms with van der Waals surface area (Å²) >= 11 is 6.11. The van der Waals surface area contributed by atoms with Gasteiger partial charge in [-0.2, -0.15) is 0 Å². The molecule has 0 bridgehead atoms. The molecular formula is C30H30ClF2N3O2. The molecule has 0 spiro atoms. The van der Waals surface area contributed by atoms with Crippen LogP contribution >= 0.6 is 11.6 Å². The van der Waals surface area contributed by atoms with Crippen molar-refractivity contribution in [2.45, 2.75) is 18.9 Å². The maximum atomic E-state index is 14.3. The van der Waals surface area contributed by atoms with Crippen LogP contribution in [0.25, 0.3) is 0 Å². The molecule has 2 fully saturated rings. The summed E-state index contributed by atoms with van der Waals surface area (Å²) in [5.74, 6) is -0.711. The fourth-order valence-electron chi connectivity index (χ4n) is 5.65. The smallest absolute Gasteiger partial charge is 0.258 e. The highest BCUT2D eigenvalue weighted by Crippen LogP contribution is 2.33. The van der Waals surface area contributed by atoms with E-state index in [9.17, 15) is 18.4 Å². The number of nitrogens with zero attached hydrogens (tertiary/aromatic N) is 2. The molecule has 2 unspecified atom stereocenters. The average Bonchev–Trinajstić information content (AvgIpc) is 3.47. The van der Waals surface area contributed by atoms with Gasteiger partial charge in [-0.05, 0) is 53.6 Å². The minimum absolute atomic E-state index is 0.0481. The van der Waals surface area contributed by atoms with Gasteiger partial charge in [-0.15, -0.1) is 0 Å². The fraction of sp³-hybridized carbons (Fsp3) is 0.333. The lowest BCUT2D eigenvalue weighted by atomic mass is 10.0. The van der Waals surface area contributed by atoms with E-state index in [0.717, 1.165) is 37.2 Å². The second kappa shape index (κ2) is 11.6. The number of nitrogens with one attached hydrogen (secondary N) is 1. The quantitative estimate of drug-likeness (QED) is 0.434. The van der Waals surface area contributed by atoms with Crippen molar-refractivity contribution in [2.75, 3.05) is 32.7 Å². The number of benzene rings is 3. The van der Waals surface area contributed by atoms with Crippen molar-refractivity contribution in [1.29, 1.82) is 0 Å². The lowest BCUT2D eigenvalue weighted by Crippen LogP contribution is -2.36. The predicted molar refractivity (Wildman–Crippen MR) is 143 cm³/mol. The standard InChI is InChI=1S/C30H30ClF2N3O2/c31-25-7-4-8-26(33)29(25)30(38)36-18-22-16-35(17-23(22)19-36)14-13-27(21-5-2-1-3-6-21)34-28(37)15-20-9-11-24(32)12-10-20/h1-12,22-23,27H,13-19H2,(H,34,37)/t22?,23?,27-/m0/s1. The molecule has 1 N–H and O–H groups in total. The Morgan fingerprint density at radius 3 is 2.24 bits per heavy atom. The van der Waals surface area contributed by atoms with Crippen molar-refractivity contribution in [2.24, 2.45) is 11.8 Å². The average molecular weight is 538 g/mol. The minimum Gasteiger partial charge on any atom is -0.349 e. The highest BCUT2D eigenvalue weighted by molar-refractivity contribution is 6.33. The van der Waals surface area contributed by atoms with Crippen LogP contribution in [0.3, 0.4) is 0 Å². The SMILES string of the molecule is O=C(Cc1ccc(F)cc1)N[C@@H](CCN1CC2CN(C(=O)c3c(F)cccc3Cl)CC2C1)c1ccccc1. The van der Waals surface area contributed by atoms with Crippen molar-refractivity contribution < 1.29 is 18.4 Å². The topological polar surface area (TPSA) is 52.7 Å². The van der Waals surface area contributed by atoms with E-state index in [-0.39, 0.29) is 40.7 Å². The van der Waals surface area contributed by atoms with Gasteiger partial charge >= 0.3 is 0 Å². The van der Waals surface area contributed by atoms with Crippen LogP contribution in [0.5, 0.6) is 0 Å². The highest BCUT2D eigenvalue weighted by atomic mass is 35.5. The van der Waals surface area contributed by atoms with E-state index >= 15 is 0 Å². The summed E-state index contributed by atoms with van der Waals surface area (Å²) < 4.78 is 27.5. The number of hydrogen-bond donors (Lipinski definition) is 1. The third-order valence-electron chi connectivity index (χ3n) is 7.57. The number of carbonyl (C=O) groups is 2. The summed E-state index contributed by atoms with van der Waals surface area (Å²) in [5.41, 5.74) is 1.75. The predicted octanol–water partition coefficient (Wildman–Crippen LogP) is 5.11. The van der Waals surface area contributed by atoms with E-state index in [0.29, 0.717) is 24.9 Å². The molecule has 3 aromatic rings. The zero-order valence-electron chi connectivity index (χ0n) is 21.0. The van der Waals surface area contributed by atoms with E-state index in [4.69, 9.17) is 11.6 Å². The van der Waals surface area contributed by atoms with Gasteiger partial charge < -0.3 is 15.1 Å². The molecule has 2 saturated heterocycles. The Morgan fingerprint density at radius 2 is 1.58 bits per heavy atom. The molecule has 2 heterocycles. The second-order valence-electron chi connectivity index (χ2n) is 10.2. The Hall–Kier alpha value is -3.29. The van der Waals surface area contributed by atoms with Crippen molar-refractivity contribution in [3.8, 4) is 0 Å². The molecule has 0 aliphatic carbocycles. The molecule has 8 heteroatoms. The molecule has 0 saturated carbocycles. The van der Waals surface area contributed by atoms with Gasteiger partial charge in [-0.25, -0.2) is 8.78 Å². The molecule has 0 radical (unpaired) electrons. The summed E-state index contributed by atoms with van der Waals surface area (Å²) in [6.45, 7) is 3.67. The summed E-state index contributed by atoms with van der Waals surface area (Å²) in [4.78, 5) is 29.9. The van der Waals surface area contributed by atoms with Gasteiger partial charge in [0.1, 0.15) is 11.6 Å². The van der Waals surface area contributed by atoms with Crippen molar-refractivity contribution in [3.63, 3.8) is 0 Å². The van der Waals surface area contributed by atoms with Gasteiger partial charge in [0, 0.05) is 32.7 Å². The zero-order valence-corrected chi connectivity index (χ0v) is 21.7. The van der Waals surface area contributed by atoms with Crippen LogP contribution in [0.1, 0.15) is 33.9 Å². The molecule has 38 heavy (non-hydrogen) atoms. The van der Waals surface area contributed by atoms with Gasteiger partial charge in [0.25, 0.3) is 5.91 Å². The van der Waals surface area contributed by atoms with Gasteiger partial charge in [0.15, 0.2) is 0 Å². The molecule has 198 valence electrons. The van der Waals surface area contributed by atoms with Crippen LogP contribution < -0.4 is 5.32 Å². The van der Waals surface area contributed by atoms with Gasteiger partial charge in [0.05, 0.1) is 23.0 Å². The summed E-state index contributed by atoms with van der Waals surface area (Å²) in [6.07, 6.45) is 0.930. The first-order chi connectivity index (χ1) is 18.4. The maximum Gasteiger partial charge on any atom is 0.258 e. The van der Waals surface area contributed by atoms with Crippen LogP contribution in [0.4, 0.5) is 8.78 Å². The van der Waals surface area contributed by atoms with E-state index in [1.54, 1.807) is 17.0 Å². The van der Waals surface area contributed by atoms with Gasteiger partial charge in [0.2, 0.25) is 5.91 Å². The summed E-state index contributed by atoms with van der Waals surface area (Å²) in [5, 5.41) is 3.30. The molecule has 2 aliphatic heterocycles. The van der Waals surface area contributed by atoms with Gasteiger partial charge in [-0.3, -0.25) is 9.59 Å². The normalized spacial score (nSPS) is 19.8. The van der Waals surface area contributed by atoms with Crippen LogP contribution in [-0.2, 0) is 11.2 Å². The number of fused-ring (bicyclic) bond motifs is 1. The third kappa shape index (κ3) is 6.05. The molecule has 2 amide bonds. The molecule has 5 nitrogen and oxygen atoms in total. The Balaban J connectivity index is 1.16. The van der Waals surface area contributed by atoms with Crippen LogP contribution in [0.2, 0.25) is 5.02 Å². The van der Waals surface area contributed by atoms with Crippen molar-refractivity contribution >= 4 is 23.4 Å². The van der Waals surface area contributed by atoms with Crippen molar-refractivity contribution in [3.05, 3.63) is 106 Å². The number of amides is 2. The number of halogens is 3. The molecule has 0 aromatic heterocycles. The molecule has 5 rings (SSSR count). The van der Waals surface area contributed by atoms with E-state index in [1.165, 1.54) is 30.3 Å². The number of hydrogen-bond acceptors (Lipinski definition) is 3. The number of likely N-dealkylation sites (tertiary alicyclic amines) is 2. The largest absolute Gasteiger partial charge is 0.349 e. The van der Waals surface area contributed by atoms with Crippen LogP contribution in [0.15, 0.2) is 72.8 Å². The highest BCUT2D eigenvalue weighted by Gasteiger charge is 2.42. The number of carbonyl (C=O) groups excluding carboxylic acids is 2. The Labute approximate surface area is 226 Å². The third-order valence-corrected chi connectivity index (χ3v) is 7.89. The van der Waals surface area contributed by atoms with E-state index in [1.807, 2.05) is 30.3 Å². The Bertz CT molecular complexity index is 1250. The van der Waals surface area contributed by atoms with Crippen molar-refractivity contribution in [1.82, 2.24) is 15.1 Å². The summed E-state index contributed by atoms with van der Waals surface area (Å²) in [7, 11) is 0.